The zero-order valence-electron chi connectivity index (χ0n) is 12.4. The Hall–Kier alpha value is -2.14. The van der Waals surface area contributed by atoms with Gasteiger partial charge in [0.1, 0.15) is 4.88 Å². The van der Waals surface area contributed by atoms with Crippen LogP contribution in [-0.2, 0) is 4.74 Å². The van der Waals surface area contributed by atoms with Crippen molar-refractivity contribution in [1.82, 2.24) is 0 Å². The Morgan fingerprint density at radius 2 is 1.86 bits per heavy atom. The average molecular weight is 303 g/mol. The van der Waals surface area contributed by atoms with Crippen molar-refractivity contribution in [3.8, 4) is 0 Å². The Kier molecular flexibility index (Phi) is 4.43. The van der Waals surface area contributed by atoms with Gasteiger partial charge in [-0.3, -0.25) is 4.79 Å². The molecule has 1 aromatic heterocycles. The minimum atomic E-state index is -0.441. The van der Waals surface area contributed by atoms with E-state index in [1.165, 1.54) is 18.4 Å². The molecule has 1 aromatic carbocycles. The van der Waals surface area contributed by atoms with Gasteiger partial charge in [-0.2, -0.15) is 0 Å². The number of rotatable bonds is 3. The number of anilines is 1. The molecule has 2 rings (SSSR count). The van der Waals surface area contributed by atoms with Crippen molar-refractivity contribution in [2.75, 3.05) is 12.4 Å². The highest BCUT2D eigenvalue weighted by atomic mass is 32.1. The minimum absolute atomic E-state index is 0.223. The van der Waals surface area contributed by atoms with Gasteiger partial charge in [0.2, 0.25) is 0 Å². The fourth-order valence-electron chi connectivity index (χ4n) is 2.09. The predicted octanol–water partition coefficient (Wildman–Crippen LogP) is 3.71. The molecule has 0 bridgehead atoms. The van der Waals surface area contributed by atoms with Gasteiger partial charge in [0.25, 0.3) is 5.91 Å². The molecule has 1 N–H and O–H groups in total. The maximum atomic E-state index is 12.4. The fourth-order valence-corrected chi connectivity index (χ4v) is 3.01. The summed E-state index contributed by atoms with van der Waals surface area (Å²) in [6.45, 7) is 5.72. The number of hydrogen-bond acceptors (Lipinski definition) is 4. The number of hydrogen-bond donors (Lipinski definition) is 1. The number of esters is 1. The van der Waals surface area contributed by atoms with Crippen LogP contribution in [-0.4, -0.2) is 19.0 Å². The highest BCUT2D eigenvalue weighted by Crippen LogP contribution is 2.29. The van der Waals surface area contributed by atoms with Crippen molar-refractivity contribution in [3.63, 3.8) is 0 Å². The second-order valence-electron chi connectivity index (χ2n) is 4.89. The van der Waals surface area contributed by atoms with Crippen molar-refractivity contribution < 1.29 is 14.3 Å². The van der Waals surface area contributed by atoms with Crippen LogP contribution in [0.25, 0.3) is 0 Å². The van der Waals surface area contributed by atoms with Gasteiger partial charge in [-0.05, 0) is 43.3 Å². The SMILES string of the molecule is COC(=O)c1scc(C)c1NC(=O)c1ccc(C)cc1C. The smallest absolute Gasteiger partial charge is 0.350 e. The molecule has 2 aromatic rings. The number of methoxy groups -OCH3 is 1. The molecule has 0 spiro atoms. The van der Waals surface area contributed by atoms with Crippen LogP contribution in [0.3, 0.4) is 0 Å². The molecule has 0 aliphatic rings. The summed E-state index contributed by atoms with van der Waals surface area (Å²) < 4.78 is 4.74. The van der Waals surface area contributed by atoms with Gasteiger partial charge in [-0.1, -0.05) is 17.7 Å². The van der Waals surface area contributed by atoms with E-state index >= 15 is 0 Å². The number of thiophene rings is 1. The summed E-state index contributed by atoms with van der Waals surface area (Å²) in [6.07, 6.45) is 0. The monoisotopic (exact) mass is 303 g/mol. The number of carbonyl (C=O) groups excluding carboxylic acids is 2. The third kappa shape index (κ3) is 3.13. The van der Waals surface area contributed by atoms with Crippen LogP contribution in [0.4, 0.5) is 5.69 Å². The third-order valence-corrected chi connectivity index (χ3v) is 4.29. The largest absolute Gasteiger partial charge is 0.465 e. The molecule has 5 heteroatoms. The molecule has 21 heavy (non-hydrogen) atoms. The van der Waals surface area contributed by atoms with Crippen LogP contribution in [0.1, 0.15) is 36.7 Å². The van der Waals surface area contributed by atoms with E-state index in [2.05, 4.69) is 5.32 Å². The van der Waals surface area contributed by atoms with E-state index in [9.17, 15) is 9.59 Å². The normalized spacial score (nSPS) is 10.3. The van der Waals surface area contributed by atoms with Crippen LogP contribution in [0, 0.1) is 20.8 Å². The van der Waals surface area contributed by atoms with Crippen LogP contribution >= 0.6 is 11.3 Å². The molecular formula is C16H17NO3S. The number of aryl methyl sites for hydroxylation is 3. The molecule has 0 aliphatic heterocycles. The molecule has 0 fully saturated rings. The molecule has 1 heterocycles. The summed E-state index contributed by atoms with van der Waals surface area (Å²) in [5.74, 6) is -0.664. The van der Waals surface area contributed by atoms with E-state index in [4.69, 9.17) is 4.74 Å². The van der Waals surface area contributed by atoms with Gasteiger partial charge >= 0.3 is 5.97 Å². The number of carbonyl (C=O) groups is 2. The summed E-state index contributed by atoms with van der Waals surface area (Å²) in [6, 6.07) is 5.64. The lowest BCUT2D eigenvalue weighted by molar-refractivity contribution is 0.0607. The molecule has 0 saturated heterocycles. The topological polar surface area (TPSA) is 55.4 Å². The molecule has 1 amide bonds. The van der Waals surface area contributed by atoms with Gasteiger partial charge in [-0.25, -0.2) is 4.79 Å². The molecular weight excluding hydrogens is 286 g/mol. The van der Waals surface area contributed by atoms with E-state index in [1.807, 2.05) is 38.3 Å². The van der Waals surface area contributed by atoms with E-state index < -0.39 is 5.97 Å². The lowest BCUT2D eigenvalue weighted by Gasteiger charge is -2.10. The second kappa shape index (κ2) is 6.10. The summed E-state index contributed by atoms with van der Waals surface area (Å²) in [7, 11) is 1.33. The average Bonchev–Trinajstić information content (AvgIpc) is 2.79. The first kappa shape index (κ1) is 15.3. The molecule has 0 radical (unpaired) electrons. The zero-order valence-corrected chi connectivity index (χ0v) is 13.3. The number of ether oxygens (including phenoxy) is 1. The van der Waals surface area contributed by atoms with Crippen molar-refractivity contribution in [2.45, 2.75) is 20.8 Å². The van der Waals surface area contributed by atoms with E-state index in [0.29, 0.717) is 16.1 Å². The van der Waals surface area contributed by atoms with E-state index in [1.54, 1.807) is 6.07 Å². The van der Waals surface area contributed by atoms with Crippen molar-refractivity contribution in [1.29, 1.82) is 0 Å². The molecule has 0 saturated carbocycles. The quantitative estimate of drug-likeness (QED) is 0.879. The minimum Gasteiger partial charge on any atom is -0.465 e. The Balaban J connectivity index is 2.32. The first-order valence-electron chi connectivity index (χ1n) is 6.49. The zero-order chi connectivity index (χ0) is 15.6. The molecule has 0 atom stereocenters. The maximum absolute atomic E-state index is 12.4. The van der Waals surface area contributed by atoms with Crippen molar-refractivity contribution in [2.24, 2.45) is 0 Å². The standard InChI is InChI=1S/C16H17NO3S/c1-9-5-6-12(10(2)7-9)15(18)17-13-11(3)8-21-14(13)16(19)20-4/h5-8H,1-4H3,(H,17,18). The number of nitrogens with one attached hydrogen (secondary N) is 1. The summed E-state index contributed by atoms with van der Waals surface area (Å²) in [5, 5.41) is 4.64. The molecule has 0 aliphatic carbocycles. The highest BCUT2D eigenvalue weighted by molar-refractivity contribution is 7.12. The third-order valence-electron chi connectivity index (χ3n) is 3.21. The first-order chi connectivity index (χ1) is 9.93. The number of benzene rings is 1. The van der Waals surface area contributed by atoms with E-state index in [-0.39, 0.29) is 5.91 Å². The summed E-state index contributed by atoms with van der Waals surface area (Å²) in [5.41, 5.74) is 3.98. The van der Waals surface area contributed by atoms with Crippen LogP contribution in [0.2, 0.25) is 0 Å². The van der Waals surface area contributed by atoms with Crippen molar-refractivity contribution >= 4 is 28.9 Å². The molecule has 110 valence electrons. The fraction of sp³-hybridized carbons (Fsp3) is 0.250. The van der Waals surface area contributed by atoms with Gasteiger partial charge in [0, 0.05) is 5.56 Å². The Bertz CT molecular complexity index is 704. The first-order valence-corrected chi connectivity index (χ1v) is 7.37. The van der Waals surface area contributed by atoms with Crippen LogP contribution in [0.5, 0.6) is 0 Å². The van der Waals surface area contributed by atoms with Crippen molar-refractivity contribution in [3.05, 3.63) is 50.7 Å². The Morgan fingerprint density at radius 1 is 1.14 bits per heavy atom. The maximum Gasteiger partial charge on any atom is 0.350 e. The second-order valence-corrected chi connectivity index (χ2v) is 5.77. The van der Waals surface area contributed by atoms with Gasteiger partial charge in [-0.15, -0.1) is 11.3 Å². The summed E-state index contributed by atoms with van der Waals surface area (Å²) in [4.78, 5) is 24.5. The Labute approximate surface area is 127 Å². The summed E-state index contributed by atoms with van der Waals surface area (Å²) >= 11 is 1.26. The molecule has 4 nitrogen and oxygen atoms in total. The lowest BCUT2D eigenvalue weighted by atomic mass is 10.1. The highest BCUT2D eigenvalue weighted by Gasteiger charge is 2.19. The van der Waals surface area contributed by atoms with Crippen LogP contribution in [0.15, 0.2) is 23.6 Å². The van der Waals surface area contributed by atoms with Gasteiger partial charge in [0.15, 0.2) is 0 Å². The predicted molar refractivity (Wildman–Crippen MR) is 84.3 cm³/mol. The number of amides is 1. The van der Waals surface area contributed by atoms with Gasteiger partial charge < -0.3 is 10.1 Å². The van der Waals surface area contributed by atoms with Gasteiger partial charge in [0.05, 0.1) is 12.8 Å². The van der Waals surface area contributed by atoms with E-state index in [0.717, 1.165) is 16.7 Å². The van der Waals surface area contributed by atoms with Crippen LogP contribution < -0.4 is 5.32 Å². The molecule has 0 unspecified atom stereocenters. The lowest BCUT2D eigenvalue weighted by Crippen LogP contribution is -2.16. The Morgan fingerprint density at radius 3 is 2.48 bits per heavy atom.